The fraction of sp³-hybridized carbons (Fsp3) is 0.368. The van der Waals surface area contributed by atoms with Gasteiger partial charge in [0.15, 0.2) is 0 Å². The molecule has 3 nitrogen and oxygen atoms in total. The van der Waals surface area contributed by atoms with Crippen LogP contribution < -0.4 is 9.47 Å². The van der Waals surface area contributed by atoms with Crippen molar-refractivity contribution in [3.63, 3.8) is 0 Å². The molecule has 0 spiro atoms. The Hall–Kier alpha value is -1.71. The third-order valence-corrected chi connectivity index (χ3v) is 3.99. The lowest BCUT2D eigenvalue weighted by Gasteiger charge is -2.23. The van der Waals surface area contributed by atoms with E-state index in [1.165, 1.54) is 0 Å². The van der Waals surface area contributed by atoms with Crippen LogP contribution in [0.15, 0.2) is 36.4 Å². The lowest BCUT2D eigenvalue weighted by Crippen LogP contribution is -2.13. The van der Waals surface area contributed by atoms with Crippen LogP contribution in [-0.2, 0) is 18.6 Å². The number of aliphatic hydroxyl groups excluding tert-OH is 1. The van der Waals surface area contributed by atoms with Gasteiger partial charge in [0.25, 0.3) is 0 Å². The highest BCUT2D eigenvalue weighted by Crippen LogP contribution is 2.35. The Morgan fingerprint density at radius 1 is 1.09 bits per heavy atom. The molecule has 0 heterocycles. The molecule has 0 aromatic heterocycles. The van der Waals surface area contributed by atoms with E-state index in [9.17, 15) is 5.11 Å². The van der Waals surface area contributed by atoms with E-state index in [4.69, 9.17) is 21.1 Å². The highest BCUT2D eigenvalue weighted by Gasteiger charge is 2.20. The van der Waals surface area contributed by atoms with Crippen LogP contribution >= 0.6 is 11.6 Å². The van der Waals surface area contributed by atoms with Crippen molar-refractivity contribution < 1.29 is 14.6 Å². The summed E-state index contributed by atoms with van der Waals surface area (Å²) >= 11 is 6.39. The summed E-state index contributed by atoms with van der Waals surface area (Å²) in [7, 11) is 1.64. The summed E-state index contributed by atoms with van der Waals surface area (Å²) < 4.78 is 11.0. The maximum Gasteiger partial charge on any atom is 0.126 e. The molecule has 0 radical (unpaired) electrons. The molecule has 0 bridgehead atoms. The van der Waals surface area contributed by atoms with Gasteiger partial charge in [0, 0.05) is 10.6 Å². The van der Waals surface area contributed by atoms with E-state index in [0.29, 0.717) is 17.4 Å². The van der Waals surface area contributed by atoms with Gasteiger partial charge in [0.1, 0.15) is 18.1 Å². The molecule has 0 atom stereocenters. The van der Waals surface area contributed by atoms with E-state index in [0.717, 1.165) is 22.4 Å². The Bertz CT molecular complexity index is 658. The first-order chi connectivity index (χ1) is 10.8. The van der Waals surface area contributed by atoms with E-state index in [1.807, 2.05) is 30.3 Å². The Labute approximate surface area is 142 Å². The minimum atomic E-state index is -0.0878. The molecule has 0 fully saturated rings. The molecular formula is C19H23ClO3. The smallest absolute Gasteiger partial charge is 0.126 e. The molecular weight excluding hydrogens is 312 g/mol. The summed E-state index contributed by atoms with van der Waals surface area (Å²) in [6.07, 6.45) is 0. The molecule has 0 aliphatic rings. The second-order valence-corrected chi connectivity index (χ2v) is 6.89. The summed E-state index contributed by atoms with van der Waals surface area (Å²) in [5, 5.41) is 10.3. The standard InChI is InChI=1S/C19H23ClO3/c1-19(2,3)16-9-14(11-21)18(10-17(16)20)23-12-13-5-7-15(22-4)8-6-13/h5-10,21H,11-12H2,1-4H3. The van der Waals surface area contributed by atoms with Crippen molar-refractivity contribution in [3.05, 3.63) is 58.1 Å². The number of aliphatic hydroxyl groups is 1. The van der Waals surface area contributed by atoms with Crippen LogP contribution in [-0.4, -0.2) is 12.2 Å². The van der Waals surface area contributed by atoms with Gasteiger partial charge < -0.3 is 14.6 Å². The number of ether oxygens (including phenoxy) is 2. The number of halogens is 1. The fourth-order valence-electron chi connectivity index (χ4n) is 2.32. The number of hydrogen-bond donors (Lipinski definition) is 1. The first kappa shape index (κ1) is 17.6. The second kappa shape index (κ2) is 7.24. The Kier molecular flexibility index (Phi) is 5.55. The molecule has 0 saturated heterocycles. The lowest BCUT2D eigenvalue weighted by molar-refractivity contribution is 0.258. The van der Waals surface area contributed by atoms with E-state index in [2.05, 4.69) is 20.8 Å². The predicted octanol–water partition coefficient (Wildman–Crippen LogP) is 4.72. The molecule has 0 saturated carbocycles. The van der Waals surface area contributed by atoms with Crippen LogP contribution in [0, 0.1) is 0 Å². The Morgan fingerprint density at radius 3 is 2.26 bits per heavy atom. The van der Waals surface area contributed by atoms with Crippen molar-refractivity contribution in [2.45, 2.75) is 39.4 Å². The third kappa shape index (κ3) is 4.40. The highest BCUT2D eigenvalue weighted by atomic mass is 35.5. The van der Waals surface area contributed by atoms with Crippen molar-refractivity contribution in [3.8, 4) is 11.5 Å². The third-order valence-electron chi connectivity index (χ3n) is 3.68. The van der Waals surface area contributed by atoms with Crippen LogP contribution in [0.25, 0.3) is 0 Å². The maximum absolute atomic E-state index is 9.63. The first-order valence-electron chi connectivity index (χ1n) is 7.54. The van der Waals surface area contributed by atoms with Gasteiger partial charge in [0.05, 0.1) is 13.7 Å². The van der Waals surface area contributed by atoms with Gasteiger partial charge >= 0.3 is 0 Å². The first-order valence-corrected chi connectivity index (χ1v) is 7.92. The predicted molar refractivity (Wildman–Crippen MR) is 93.4 cm³/mol. The molecule has 124 valence electrons. The van der Waals surface area contributed by atoms with E-state index < -0.39 is 0 Å². The lowest BCUT2D eigenvalue weighted by atomic mass is 9.86. The number of benzene rings is 2. The van der Waals surface area contributed by atoms with Gasteiger partial charge in [-0.25, -0.2) is 0 Å². The van der Waals surface area contributed by atoms with Crippen molar-refractivity contribution in [2.24, 2.45) is 0 Å². The summed E-state index contributed by atoms with van der Waals surface area (Å²) in [6.45, 7) is 6.59. The summed E-state index contributed by atoms with van der Waals surface area (Å²) in [6, 6.07) is 11.4. The van der Waals surface area contributed by atoms with Crippen molar-refractivity contribution in [1.29, 1.82) is 0 Å². The van der Waals surface area contributed by atoms with Gasteiger partial charge in [-0.15, -0.1) is 0 Å². The van der Waals surface area contributed by atoms with Crippen molar-refractivity contribution in [2.75, 3.05) is 7.11 Å². The van der Waals surface area contributed by atoms with Gasteiger partial charge in [-0.1, -0.05) is 44.5 Å². The average Bonchev–Trinajstić information content (AvgIpc) is 2.52. The molecule has 0 aliphatic heterocycles. The van der Waals surface area contributed by atoms with E-state index in [-0.39, 0.29) is 12.0 Å². The maximum atomic E-state index is 9.63. The van der Waals surface area contributed by atoms with Gasteiger partial charge in [0.2, 0.25) is 0 Å². The SMILES string of the molecule is COc1ccc(COc2cc(Cl)c(C(C)(C)C)cc2CO)cc1. The molecule has 4 heteroatoms. The molecule has 2 aromatic rings. The van der Waals surface area contributed by atoms with Crippen molar-refractivity contribution >= 4 is 11.6 Å². The van der Waals surface area contributed by atoms with Crippen LogP contribution in [0.2, 0.25) is 5.02 Å². The van der Waals surface area contributed by atoms with E-state index in [1.54, 1.807) is 13.2 Å². The summed E-state index contributed by atoms with van der Waals surface area (Å²) in [4.78, 5) is 0. The number of hydrogen-bond acceptors (Lipinski definition) is 3. The zero-order chi connectivity index (χ0) is 17.0. The van der Waals surface area contributed by atoms with Crippen LogP contribution in [0.5, 0.6) is 11.5 Å². The van der Waals surface area contributed by atoms with E-state index >= 15 is 0 Å². The zero-order valence-corrected chi connectivity index (χ0v) is 14.8. The minimum absolute atomic E-state index is 0.0851. The van der Waals surface area contributed by atoms with Crippen LogP contribution in [0.4, 0.5) is 0 Å². The minimum Gasteiger partial charge on any atom is -0.497 e. The molecule has 1 N–H and O–H groups in total. The van der Waals surface area contributed by atoms with Crippen LogP contribution in [0.3, 0.4) is 0 Å². The normalized spacial score (nSPS) is 11.4. The Morgan fingerprint density at radius 2 is 1.74 bits per heavy atom. The highest BCUT2D eigenvalue weighted by molar-refractivity contribution is 6.31. The fourth-order valence-corrected chi connectivity index (χ4v) is 2.75. The molecule has 0 unspecified atom stereocenters. The second-order valence-electron chi connectivity index (χ2n) is 6.48. The molecule has 0 amide bonds. The topological polar surface area (TPSA) is 38.7 Å². The summed E-state index contributed by atoms with van der Waals surface area (Å²) in [5.41, 5.74) is 2.67. The molecule has 2 aromatic carbocycles. The molecule has 23 heavy (non-hydrogen) atoms. The Balaban J connectivity index is 2.20. The molecule has 2 rings (SSSR count). The number of methoxy groups -OCH3 is 1. The average molecular weight is 335 g/mol. The quantitative estimate of drug-likeness (QED) is 0.860. The van der Waals surface area contributed by atoms with Gasteiger partial charge in [-0.05, 0) is 40.8 Å². The largest absolute Gasteiger partial charge is 0.497 e. The number of rotatable bonds is 5. The monoisotopic (exact) mass is 334 g/mol. The van der Waals surface area contributed by atoms with Gasteiger partial charge in [-0.3, -0.25) is 0 Å². The van der Waals surface area contributed by atoms with Crippen molar-refractivity contribution in [1.82, 2.24) is 0 Å². The van der Waals surface area contributed by atoms with Crippen LogP contribution in [0.1, 0.15) is 37.5 Å². The zero-order valence-electron chi connectivity index (χ0n) is 14.0. The molecule has 0 aliphatic carbocycles. The van der Waals surface area contributed by atoms with Gasteiger partial charge in [-0.2, -0.15) is 0 Å². The summed E-state index contributed by atoms with van der Waals surface area (Å²) in [5.74, 6) is 1.42.